The molecule has 32 heavy (non-hydrogen) atoms. The summed E-state index contributed by atoms with van der Waals surface area (Å²) in [6, 6.07) is 23.0. The monoisotopic (exact) mass is 454 g/mol. The Morgan fingerprint density at radius 2 is 1.62 bits per heavy atom. The maximum atomic E-state index is 12.4. The number of ether oxygens (including phenoxy) is 2. The molecule has 0 radical (unpaired) electrons. The van der Waals surface area contributed by atoms with Gasteiger partial charge >= 0.3 is 0 Å². The summed E-state index contributed by atoms with van der Waals surface area (Å²) < 4.78 is 36.6. The topological polar surface area (TPSA) is 84.9 Å². The van der Waals surface area contributed by atoms with Crippen LogP contribution in [0.5, 0.6) is 11.5 Å². The Hall–Kier alpha value is -3.52. The predicted octanol–water partition coefficient (Wildman–Crippen LogP) is 3.47. The zero-order valence-electron chi connectivity index (χ0n) is 18.0. The maximum Gasteiger partial charge on any atom is 0.251 e. The van der Waals surface area contributed by atoms with Gasteiger partial charge < -0.3 is 14.8 Å². The van der Waals surface area contributed by atoms with Gasteiger partial charge in [-0.25, -0.2) is 8.42 Å². The van der Waals surface area contributed by atoms with Crippen LogP contribution < -0.4 is 19.1 Å². The highest BCUT2D eigenvalue weighted by Gasteiger charge is 2.17. The Morgan fingerprint density at radius 3 is 2.28 bits per heavy atom. The van der Waals surface area contributed by atoms with Gasteiger partial charge in [0.2, 0.25) is 10.0 Å². The second kappa shape index (κ2) is 10.7. The molecule has 3 aromatic carbocycles. The van der Waals surface area contributed by atoms with Gasteiger partial charge in [0, 0.05) is 11.6 Å². The van der Waals surface area contributed by atoms with E-state index in [0.29, 0.717) is 35.9 Å². The first-order valence-electron chi connectivity index (χ1n) is 10.0. The van der Waals surface area contributed by atoms with Gasteiger partial charge in [-0.15, -0.1) is 0 Å². The molecule has 8 heteroatoms. The molecule has 0 saturated carbocycles. The number of carbonyl (C=O) groups is 1. The van der Waals surface area contributed by atoms with Gasteiger partial charge in [-0.3, -0.25) is 9.10 Å². The second-order valence-corrected chi connectivity index (χ2v) is 8.99. The van der Waals surface area contributed by atoms with Crippen molar-refractivity contribution < 1.29 is 22.7 Å². The minimum atomic E-state index is -3.45. The number of anilines is 1. The van der Waals surface area contributed by atoms with Crippen molar-refractivity contribution in [3.8, 4) is 11.5 Å². The molecule has 0 fully saturated rings. The first kappa shape index (κ1) is 23.1. The molecule has 0 aromatic heterocycles. The largest absolute Gasteiger partial charge is 0.497 e. The number of hydrogen-bond donors (Lipinski definition) is 1. The van der Waals surface area contributed by atoms with E-state index in [-0.39, 0.29) is 12.5 Å². The summed E-state index contributed by atoms with van der Waals surface area (Å²) in [5.41, 5.74) is 1.85. The average molecular weight is 455 g/mol. The third-order valence-corrected chi connectivity index (χ3v) is 5.82. The fourth-order valence-corrected chi connectivity index (χ4v) is 3.94. The van der Waals surface area contributed by atoms with Crippen molar-refractivity contribution in [2.24, 2.45) is 0 Å². The first-order valence-corrected chi connectivity index (χ1v) is 11.9. The van der Waals surface area contributed by atoms with E-state index in [0.717, 1.165) is 5.56 Å². The maximum absolute atomic E-state index is 12.4. The van der Waals surface area contributed by atoms with Crippen LogP contribution in [0.15, 0.2) is 78.9 Å². The Bertz CT molecular complexity index is 1130. The van der Waals surface area contributed by atoms with E-state index in [1.165, 1.54) is 10.6 Å². The van der Waals surface area contributed by atoms with E-state index >= 15 is 0 Å². The molecule has 0 aliphatic rings. The smallest absolute Gasteiger partial charge is 0.251 e. The molecule has 3 aromatic rings. The van der Waals surface area contributed by atoms with Gasteiger partial charge in [0.1, 0.15) is 18.1 Å². The van der Waals surface area contributed by atoms with E-state index in [9.17, 15) is 13.2 Å². The number of hydrogen-bond acceptors (Lipinski definition) is 5. The molecule has 0 spiro atoms. The quantitative estimate of drug-likeness (QED) is 0.474. The molecule has 0 saturated heterocycles. The number of nitrogens with one attached hydrogen (secondary N) is 1. The van der Waals surface area contributed by atoms with Crippen molar-refractivity contribution in [3.63, 3.8) is 0 Å². The number of methoxy groups -OCH3 is 1. The number of sulfonamides is 1. The lowest BCUT2D eigenvalue weighted by atomic mass is 10.1. The van der Waals surface area contributed by atoms with Crippen LogP contribution in [0.1, 0.15) is 15.9 Å². The molecule has 0 aliphatic heterocycles. The summed E-state index contributed by atoms with van der Waals surface area (Å²) in [6.45, 7) is 0.837. The van der Waals surface area contributed by atoms with Crippen molar-refractivity contribution in [1.29, 1.82) is 0 Å². The second-order valence-electron chi connectivity index (χ2n) is 7.09. The number of benzene rings is 3. The Labute approximate surface area is 188 Å². The van der Waals surface area contributed by atoms with Crippen LogP contribution in [0, 0.1) is 0 Å². The van der Waals surface area contributed by atoms with Crippen LogP contribution in [0.3, 0.4) is 0 Å². The van der Waals surface area contributed by atoms with E-state index < -0.39 is 10.0 Å². The third-order valence-electron chi connectivity index (χ3n) is 4.68. The zero-order valence-corrected chi connectivity index (χ0v) is 18.8. The molecule has 0 atom stereocenters. The number of carbonyl (C=O) groups excluding carboxylic acids is 1. The summed E-state index contributed by atoms with van der Waals surface area (Å²) in [5, 5.41) is 2.81. The van der Waals surface area contributed by atoms with Gasteiger partial charge in [0.25, 0.3) is 5.91 Å². The summed E-state index contributed by atoms with van der Waals surface area (Å²) in [4.78, 5) is 12.4. The van der Waals surface area contributed by atoms with Crippen molar-refractivity contribution >= 4 is 21.6 Å². The molecule has 7 nitrogen and oxygen atoms in total. The molecular weight excluding hydrogens is 428 g/mol. The van der Waals surface area contributed by atoms with E-state index in [1.807, 2.05) is 24.3 Å². The fourth-order valence-electron chi connectivity index (χ4n) is 3.05. The first-order chi connectivity index (χ1) is 15.4. The number of amides is 1. The lowest BCUT2D eigenvalue weighted by Gasteiger charge is -2.22. The van der Waals surface area contributed by atoms with E-state index in [4.69, 9.17) is 9.47 Å². The minimum absolute atomic E-state index is 0.180. The molecule has 168 valence electrons. The van der Waals surface area contributed by atoms with Gasteiger partial charge in [0.05, 0.1) is 32.1 Å². The molecular formula is C24H26N2O5S. The molecule has 1 N–H and O–H groups in total. The van der Waals surface area contributed by atoms with Crippen LogP contribution in [0.4, 0.5) is 5.69 Å². The zero-order chi connectivity index (χ0) is 23.0. The summed E-state index contributed by atoms with van der Waals surface area (Å²) in [5.74, 6) is 1.14. The molecule has 0 heterocycles. The van der Waals surface area contributed by atoms with Gasteiger partial charge in [-0.2, -0.15) is 0 Å². The van der Waals surface area contributed by atoms with E-state index in [1.54, 1.807) is 61.7 Å². The van der Waals surface area contributed by atoms with Crippen LogP contribution in [-0.2, 0) is 16.6 Å². The molecule has 0 aliphatic carbocycles. The van der Waals surface area contributed by atoms with Crippen LogP contribution >= 0.6 is 0 Å². The van der Waals surface area contributed by atoms with Crippen LogP contribution in [0.25, 0.3) is 0 Å². The van der Waals surface area contributed by atoms with Gasteiger partial charge in [-0.1, -0.05) is 36.4 Å². The van der Waals surface area contributed by atoms with Crippen LogP contribution in [0.2, 0.25) is 0 Å². The number of para-hydroxylation sites is 1. The highest BCUT2D eigenvalue weighted by molar-refractivity contribution is 7.92. The molecule has 0 bridgehead atoms. The number of rotatable bonds is 10. The predicted molar refractivity (Wildman–Crippen MR) is 125 cm³/mol. The highest BCUT2D eigenvalue weighted by Crippen LogP contribution is 2.20. The van der Waals surface area contributed by atoms with Crippen molar-refractivity contribution in [1.82, 2.24) is 5.32 Å². The number of nitrogens with zero attached hydrogens (tertiary/aromatic N) is 1. The van der Waals surface area contributed by atoms with Gasteiger partial charge in [-0.05, 0) is 42.0 Å². The molecule has 3 rings (SSSR count). The Morgan fingerprint density at radius 1 is 0.938 bits per heavy atom. The molecule has 1 amide bonds. The van der Waals surface area contributed by atoms with Crippen molar-refractivity contribution in [2.45, 2.75) is 6.54 Å². The van der Waals surface area contributed by atoms with Crippen LogP contribution in [-0.4, -0.2) is 40.8 Å². The highest BCUT2D eigenvalue weighted by atomic mass is 32.2. The lowest BCUT2D eigenvalue weighted by molar-refractivity contribution is 0.0947. The minimum Gasteiger partial charge on any atom is -0.497 e. The van der Waals surface area contributed by atoms with Gasteiger partial charge in [0.15, 0.2) is 0 Å². The summed E-state index contributed by atoms with van der Waals surface area (Å²) in [7, 11) is -1.86. The summed E-state index contributed by atoms with van der Waals surface area (Å²) >= 11 is 0. The summed E-state index contributed by atoms with van der Waals surface area (Å²) in [6.07, 6.45) is 1.18. The Balaban J connectivity index is 1.54. The Kier molecular flexibility index (Phi) is 7.72. The third kappa shape index (κ3) is 6.49. The average Bonchev–Trinajstić information content (AvgIpc) is 2.80. The van der Waals surface area contributed by atoms with Crippen molar-refractivity contribution in [2.75, 3.05) is 30.8 Å². The lowest BCUT2D eigenvalue weighted by Crippen LogP contribution is -2.29. The molecule has 0 unspecified atom stereocenters. The van der Waals surface area contributed by atoms with Crippen molar-refractivity contribution in [3.05, 3.63) is 90.0 Å². The normalized spacial score (nSPS) is 10.9. The van der Waals surface area contributed by atoms with E-state index in [2.05, 4.69) is 5.32 Å². The SMILES string of the molecule is COc1cccc(OCCNC(=O)c2ccc(CN(c3ccccc3)S(C)(=O)=O)cc2)c1. The fraction of sp³-hybridized carbons (Fsp3) is 0.208. The standard InChI is InChI=1S/C24H26N2O5S/c1-30-22-9-6-10-23(17-22)31-16-15-25-24(27)20-13-11-19(12-14-20)18-26(32(2,28)29)21-7-4-3-5-8-21/h3-14,17H,15-16,18H2,1-2H3,(H,25,27).